The van der Waals surface area contributed by atoms with E-state index in [2.05, 4.69) is 40.3 Å². The number of amides is 1. The molecule has 0 unspecified atom stereocenters. The molecule has 162 valence electrons. The first kappa shape index (κ1) is 20.2. The van der Waals surface area contributed by atoms with Crippen LogP contribution in [0.1, 0.15) is 44.1 Å². The number of thiophene rings is 1. The van der Waals surface area contributed by atoms with Gasteiger partial charge < -0.3 is 10.2 Å². The maximum Gasteiger partial charge on any atom is 0.270 e. The summed E-state index contributed by atoms with van der Waals surface area (Å²) >= 11 is 1.44. The van der Waals surface area contributed by atoms with Crippen LogP contribution in [0.2, 0.25) is 0 Å². The molecule has 2 aliphatic rings. The van der Waals surface area contributed by atoms with Gasteiger partial charge in [-0.1, -0.05) is 42.7 Å². The summed E-state index contributed by atoms with van der Waals surface area (Å²) in [6, 6.07) is 8.65. The number of aromatic nitrogens is 2. The van der Waals surface area contributed by atoms with Crippen molar-refractivity contribution in [3.05, 3.63) is 45.6 Å². The van der Waals surface area contributed by atoms with E-state index in [4.69, 9.17) is 4.98 Å². The molecular weight excluding hydrogens is 408 g/mol. The van der Waals surface area contributed by atoms with E-state index in [0.717, 1.165) is 55.4 Å². The predicted octanol–water partition coefficient (Wildman–Crippen LogP) is 4.24. The Morgan fingerprint density at radius 2 is 1.97 bits per heavy atom. The van der Waals surface area contributed by atoms with Gasteiger partial charge in [0.25, 0.3) is 5.56 Å². The number of nitrogens with zero attached hydrogens (tertiary/aromatic N) is 2. The second-order valence-corrected chi connectivity index (χ2v) is 9.72. The number of H-pyrrole nitrogens is 1. The first-order valence-electron chi connectivity index (χ1n) is 11.2. The van der Waals surface area contributed by atoms with Crippen molar-refractivity contribution in [2.45, 2.75) is 51.5 Å². The Morgan fingerprint density at radius 1 is 1.19 bits per heavy atom. The Labute approximate surface area is 185 Å². The fourth-order valence-corrected chi connectivity index (χ4v) is 5.73. The summed E-state index contributed by atoms with van der Waals surface area (Å²) < 4.78 is 0.658. The van der Waals surface area contributed by atoms with E-state index in [1.165, 1.54) is 29.7 Å². The number of rotatable bonds is 4. The molecule has 2 fully saturated rings. The number of hydrogen-bond acceptors (Lipinski definition) is 5. The highest BCUT2D eigenvalue weighted by molar-refractivity contribution is 7.17. The zero-order valence-electron chi connectivity index (χ0n) is 17.8. The number of fused-ring (bicyclic) bond motifs is 1. The molecular formula is C24H28N4O2S. The average molecular weight is 437 g/mol. The molecule has 0 radical (unpaired) electrons. The third kappa shape index (κ3) is 4.11. The quantitative estimate of drug-likeness (QED) is 0.641. The molecule has 7 heteroatoms. The predicted molar refractivity (Wildman–Crippen MR) is 126 cm³/mol. The van der Waals surface area contributed by atoms with Crippen LogP contribution in [0.25, 0.3) is 21.3 Å². The van der Waals surface area contributed by atoms with Gasteiger partial charge in [-0.15, -0.1) is 11.3 Å². The van der Waals surface area contributed by atoms with Crippen LogP contribution in [0.15, 0.2) is 34.4 Å². The van der Waals surface area contributed by atoms with E-state index >= 15 is 0 Å². The average Bonchev–Trinajstić information content (AvgIpc) is 3.44. The van der Waals surface area contributed by atoms with Crippen molar-refractivity contribution >= 4 is 33.4 Å². The van der Waals surface area contributed by atoms with Crippen LogP contribution in [-0.2, 0) is 4.79 Å². The van der Waals surface area contributed by atoms with Crippen molar-refractivity contribution < 1.29 is 4.79 Å². The van der Waals surface area contributed by atoms with Crippen molar-refractivity contribution in [2.24, 2.45) is 5.92 Å². The molecule has 6 nitrogen and oxygen atoms in total. The van der Waals surface area contributed by atoms with Crippen molar-refractivity contribution in [3.63, 3.8) is 0 Å². The van der Waals surface area contributed by atoms with Gasteiger partial charge in [-0.05, 0) is 38.2 Å². The second-order valence-electron chi connectivity index (χ2n) is 8.84. The minimum absolute atomic E-state index is 0.0521. The van der Waals surface area contributed by atoms with Crippen LogP contribution in [-0.4, -0.2) is 35.0 Å². The Balaban J connectivity index is 1.34. The molecule has 3 heterocycles. The monoisotopic (exact) mass is 436 g/mol. The van der Waals surface area contributed by atoms with Crippen LogP contribution in [0.5, 0.6) is 0 Å². The Morgan fingerprint density at radius 3 is 2.71 bits per heavy atom. The number of piperidine rings is 1. The molecule has 31 heavy (non-hydrogen) atoms. The summed E-state index contributed by atoms with van der Waals surface area (Å²) in [5.74, 6) is 0.860. The summed E-state index contributed by atoms with van der Waals surface area (Å²) in [6.07, 6.45) is 6.23. The maximum atomic E-state index is 12.7. The molecule has 1 amide bonds. The Hall–Kier alpha value is -2.67. The number of aromatic amines is 1. The standard InChI is InChI=1S/C24H28N4O2S/c1-15-5-4-6-17(13-15)19-14-31-21-20(19)26-24(27-23(21)30)28-11-9-16(10-12-28)22(29)25-18-7-2-3-8-18/h4-6,13-14,16,18H,2-3,7-12H2,1H3,(H,25,29)(H,26,27,30). The Bertz CT molecular complexity index is 1150. The molecule has 2 aromatic heterocycles. The number of anilines is 1. The highest BCUT2D eigenvalue weighted by Crippen LogP contribution is 2.32. The minimum atomic E-state index is -0.0926. The van der Waals surface area contributed by atoms with Gasteiger partial charge in [-0.2, -0.15) is 0 Å². The molecule has 1 saturated heterocycles. The zero-order chi connectivity index (χ0) is 21.4. The lowest BCUT2D eigenvalue weighted by Gasteiger charge is -2.32. The molecule has 0 atom stereocenters. The summed E-state index contributed by atoms with van der Waals surface area (Å²) in [4.78, 5) is 35.3. The van der Waals surface area contributed by atoms with Crippen molar-refractivity contribution in [1.82, 2.24) is 15.3 Å². The van der Waals surface area contributed by atoms with Crippen LogP contribution in [0, 0.1) is 12.8 Å². The minimum Gasteiger partial charge on any atom is -0.353 e. The maximum absolute atomic E-state index is 12.7. The molecule has 1 aromatic carbocycles. The topological polar surface area (TPSA) is 78.1 Å². The van der Waals surface area contributed by atoms with E-state index in [1.807, 2.05) is 11.4 Å². The van der Waals surface area contributed by atoms with Crippen LogP contribution < -0.4 is 15.8 Å². The highest BCUT2D eigenvalue weighted by atomic mass is 32.1. The second kappa shape index (κ2) is 8.46. The zero-order valence-corrected chi connectivity index (χ0v) is 18.6. The number of carbonyl (C=O) groups is 1. The molecule has 3 aromatic rings. The molecule has 1 aliphatic carbocycles. The van der Waals surface area contributed by atoms with Gasteiger partial charge in [-0.25, -0.2) is 4.98 Å². The number of hydrogen-bond donors (Lipinski definition) is 2. The summed E-state index contributed by atoms with van der Waals surface area (Å²) in [6.45, 7) is 3.51. The van der Waals surface area contributed by atoms with Crippen LogP contribution in [0.4, 0.5) is 5.95 Å². The van der Waals surface area contributed by atoms with Crippen molar-refractivity contribution in [1.29, 1.82) is 0 Å². The number of aryl methyl sites for hydroxylation is 1. The smallest absolute Gasteiger partial charge is 0.270 e. The summed E-state index contributed by atoms with van der Waals surface area (Å²) in [5, 5.41) is 5.25. The van der Waals surface area contributed by atoms with Gasteiger partial charge in [-0.3, -0.25) is 14.6 Å². The van der Waals surface area contributed by atoms with E-state index in [0.29, 0.717) is 16.7 Å². The lowest BCUT2D eigenvalue weighted by atomic mass is 9.95. The first-order chi connectivity index (χ1) is 15.1. The van der Waals surface area contributed by atoms with Gasteiger partial charge in [0, 0.05) is 36.0 Å². The van der Waals surface area contributed by atoms with Crippen molar-refractivity contribution in [2.75, 3.05) is 18.0 Å². The summed E-state index contributed by atoms with van der Waals surface area (Å²) in [5.41, 5.74) is 3.93. The van der Waals surface area contributed by atoms with Gasteiger partial charge in [0.15, 0.2) is 0 Å². The molecule has 5 rings (SSSR count). The Kier molecular flexibility index (Phi) is 5.52. The fraction of sp³-hybridized carbons (Fsp3) is 0.458. The molecule has 0 spiro atoms. The third-order valence-corrected chi connectivity index (χ3v) is 7.58. The van der Waals surface area contributed by atoms with E-state index in [9.17, 15) is 9.59 Å². The van der Waals surface area contributed by atoms with Crippen LogP contribution >= 0.6 is 11.3 Å². The lowest BCUT2D eigenvalue weighted by molar-refractivity contribution is -0.126. The fourth-order valence-electron chi connectivity index (χ4n) is 4.83. The van der Waals surface area contributed by atoms with Crippen LogP contribution in [0.3, 0.4) is 0 Å². The van der Waals surface area contributed by atoms with Gasteiger partial charge in [0.05, 0.1) is 5.52 Å². The summed E-state index contributed by atoms with van der Waals surface area (Å²) in [7, 11) is 0. The van der Waals surface area contributed by atoms with Gasteiger partial charge in [0.2, 0.25) is 11.9 Å². The first-order valence-corrected chi connectivity index (χ1v) is 12.1. The molecule has 2 N–H and O–H groups in total. The largest absolute Gasteiger partial charge is 0.353 e. The number of carbonyl (C=O) groups excluding carboxylic acids is 1. The molecule has 1 aliphatic heterocycles. The number of nitrogens with one attached hydrogen (secondary N) is 2. The third-order valence-electron chi connectivity index (χ3n) is 6.61. The van der Waals surface area contributed by atoms with E-state index in [1.54, 1.807) is 0 Å². The molecule has 0 bridgehead atoms. The van der Waals surface area contributed by atoms with Crippen molar-refractivity contribution in [3.8, 4) is 11.1 Å². The van der Waals surface area contributed by atoms with Gasteiger partial charge >= 0.3 is 0 Å². The molecule has 1 saturated carbocycles. The SMILES string of the molecule is Cc1cccc(-c2csc3c(=O)[nH]c(N4CCC(C(=O)NC5CCCC5)CC4)nc23)c1. The van der Waals surface area contributed by atoms with Gasteiger partial charge in [0.1, 0.15) is 4.70 Å². The van der Waals surface area contributed by atoms with E-state index < -0.39 is 0 Å². The van der Waals surface area contributed by atoms with E-state index in [-0.39, 0.29) is 17.4 Å². The number of benzene rings is 1. The normalized spacial score (nSPS) is 18.0. The lowest BCUT2D eigenvalue weighted by Crippen LogP contribution is -2.43. The highest BCUT2D eigenvalue weighted by Gasteiger charge is 2.28.